The van der Waals surface area contributed by atoms with E-state index in [0.29, 0.717) is 5.75 Å². The van der Waals surface area contributed by atoms with Gasteiger partial charge in [-0.25, -0.2) is 0 Å². The lowest BCUT2D eigenvalue weighted by Crippen LogP contribution is -2.23. The first kappa shape index (κ1) is 13.5. The summed E-state index contributed by atoms with van der Waals surface area (Å²) in [6.45, 7) is 5.52. The third-order valence-electron chi connectivity index (χ3n) is 1.92. The largest absolute Gasteiger partial charge is 0.495 e. The van der Waals surface area contributed by atoms with Gasteiger partial charge >= 0.3 is 0 Å². The summed E-state index contributed by atoms with van der Waals surface area (Å²) >= 11 is 0. The van der Waals surface area contributed by atoms with Gasteiger partial charge in [0, 0.05) is 14.0 Å². The first-order valence-electron chi connectivity index (χ1n) is 5.04. The number of carbonyl (C=O) groups is 1. The van der Waals surface area contributed by atoms with Gasteiger partial charge in [0.15, 0.2) is 0 Å². The number of benzene rings is 1. The predicted molar refractivity (Wildman–Crippen MR) is 63.4 cm³/mol. The van der Waals surface area contributed by atoms with Crippen molar-refractivity contribution in [1.82, 2.24) is 0 Å². The van der Waals surface area contributed by atoms with Gasteiger partial charge in [-0.15, -0.1) is 0 Å². The maximum atomic E-state index is 11.1. The minimum Gasteiger partial charge on any atom is -0.495 e. The van der Waals surface area contributed by atoms with Crippen LogP contribution in [0.4, 0.5) is 5.69 Å². The molecule has 3 nitrogen and oxygen atoms in total. The van der Waals surface area contributed by atoms with E-state index >= 15 is 0 Å². The van der Waals surface area contributed by atoms with Crippen LogP contribution in [0, 0.1) is 0 Å². The zero-order valence-electron chi connectivity index (χ0n) is 10.1. The molecule has 0 fully saturated rings. The van der Waals surface area contributed by atoms with Crippen LogP contribution in [-0.4, -0.2) is 20.1 Å². The molecule has 0 aliphatic rings. The van der Waals surface area contributed by atoms with Crippen LogP contribution in [0.2, 0.25) is 0 Å². The van der Waals surface area contributed by atoms with Crippen LogP contribution in [-0.2, 0) is 4.79 Å². The van der Waals surface area contributed by atoms with Crippen molar-refractivity contribution < 1.29 is 9.53 Å². The fourth-order valence-corrected chi connectivity index (χ4v) is 1.08. The van der Waals surface area contributed by atoms with Crippen LogP contribution in [0.3, 0.4) is 0 Å². The smallest absolute Gasteiger partial charge is 0.223 e. The Morgan fingerprint density at radius 2 is 1.80 bits per heavy atom. The fraction of sp³-hybridized carbons (Fsp3) is 0.417. The number of nitrogens with zero attached hydrogens (tertiary/aromatic N) is 1. The summed E-state index contributed by atoms with van der Waals surface area (Å²) < 4.78 is 5.12. The molecule has 0 saturated carbocycles. The van der Waals surface area contributed by atoms with Crippen molar-refractivity contribution in [2.45, 2.75) is 20.8 Å². The first-order valence-corrected chi connectivity index (χ1v) is 5.04. The van der Waals surface area contributed by atoms with Gasteiger partial charge < -0.3 is 9.64 Å². The molecule has 15 heavy (non-hydrogen) atoms. The maximum Gasteiger partial charge on any atom is 0.223 e. The van der Waals surface area contributed by atoms with Gasteiger partial charge in [0.1, 0.15) is 5.75 Å². The third-order valence-corrected chi connectivity index (χ3v) is 1.92. The van der Waals surface area contributed by atoms with Gasteiger partial charge in [0.05, 0.1) is 12.8 Å². The normalized spacial score (nSPS) is 8.60. The minimum absolute atomic E-state index is 0.00972. The number of amides is 1. The third kappa shape index (κ3) is 3.62. The number of anilines is 1. The van der Waals surface area contributed by atoms with E-state index in [9.17, 15) is 4.79 Å². The van der Waals surface area contributed by atoms with E-state index in [0.717, 1.165) is 5.69 Å². The Balaban J connectivity index is 0.000000921. The van der Waals surface area contributed by atoms with Gasteiger partial charge in [-0.3, -0.25) is 4.79 Å². The Hall–Kier alpha value is -1.51. The van der Waals surface area contributed by atoms with Crippen molar-refractivity contribution in [3.05, 3.63) is 24.3 Å². The molecule has 1 amide bonds. The number of ether oxygens (including phenoxy) is 1. The second kappa shape index (κ2) is 6.87. The molecule has 0 aromatic heterocycles. The number of methoxy groups -OCH3 is 1. The van der Waals surface area contributed by atoms with Crippen molar-refractivity contribution in [3.63, 3.8) is 0 Å². The topological polar surface area (TPSA) is 29.5 Å². The lowest BCUT2D eigenvalue weighted by molar-refractivity contribution is -0.116. The highest BCUT2D eigenvalue weighted by atomic mass is 16.5. The molecule has 0 N–H and O–H groups in total. The van der Waals surface area contributed by atoms with E-state index in [1.54, 1.807) is 19.1 Å². The van der Waals surface area contributed by atoms with Gasteiger partial charge in [0.2, 0.25) is 5.91 Å². The molecule has 1 aromatic rings. The molecule has 0 bridgehead atoms. The van der Waals surface area contributed by atoms with Crippen molar-refractivity contribution in [2.24, 2.45) is 0 Å². The fourth-order valence-electron chi connectivity index (χ4n) is 1.08. The Morgan fingerprint density at radius 3 is 2.27 bits per heavy atom. The van der Waals surface area contributed by atoms with E-state index in [2.05, 4.69) is 0 Å². The van der Waals surface area contributed by atoms with E-state index in [1.165, 1.54) is 6.92 Å². The molecule has 0 spiro atoms. The number of rotatable bonds is 2. The monoisotopic (exact) mass is 209 g/mol. The lowest BCUT2D eigenvalue weighted by Gasteiger charge is -2.17. The van der Waals surface area contributed by atoms with E-state index < -0.39 is 0 Å². The average molecular weight is 209 g/mol. The van der Waals surface area contributed by atoms with E-state index in [4.69, 9.17) is 4.74 Å². The molecule has 0 aliphatic heterocycles. The summed E-state index contributed by atoms with van der Waals surface area (Å²) in [5.41, 5.74) is 0.789. The van der Waals surface area contributed by atoms with Gasteiger partial charge in [-0.05, 0) is 12.1 Å². The van der Waals surface area contributed by atoms with Crippen molar-refractivity contribution in [1.29, 1.82) is 0 Å². The summed E-state index contributed by atoms with van der Waals surface area (Å²) in [6, 6.07) is 7.42. The van der Waals surface area contributed by atoms with Gasteiger partial charge in [-0.1, -0.05) is 26.0 Å². The zero-order valence-corrected chi connectivity index (χ0v) is 10.1. The van der Waals surface area contributed by atoms with Gasteiger partial charge in [-0.2, -0.15) is 0 Å². The van der Waals surface area contributed by atoms with Crippen LogP contribution in [0.25, 0.3) is 0 Å². The summed E-state index contributed by atoms with van der Waals surface area (Å²) in [7, 11) is 3.31. The lowest BCUT2D eigenvalue weighted by atomic mass is 10.2. The average Bonchev–Trinajstić information content (AvgIpc) is 2.30. The molecule has 0 unspecified atom stereocenters. The summed E-state index contributed by atoms with van der Waals surface area (Å²) in [4.78, 5) is 12.6. The predicted octanol–water partition coefficient (Wildman–Crippen LogP) is 2.70. The molecule has 0 atom stereocenters. The summed E-state index contributed by atoms with van der Waals surface area (Å²) in [5, 5.41) is 0. The highest BCUT2D eigenvalue weighted by Crippen LogP contribution is 2.26. The maximum absolute atomic E-state index is 11.1. The summed E-state index contributed by atoms with van der Waals surface area (Å²) in [6.07, 6.45) is 0. The highest BCUT2D eigenvalue weighted by Gasteiger charge is 2.09. The molecule has 3 heteroatoms. The standard InChI is InChI=1S/C10H13NO2.C2H6/c1-8(12)11(2)9-6-4-5-7-10(9)13-3;1-2/h4-7H,1-3H3;1-2H3. The van der Waals surface area contributed by atoms with E-state index in [-0.39, 0.29) is 5.91 Å². The molecule has 1 rings (SSSR count). The number of hydrogen-bond donors (Lipinski definition) is 0. The molecule has 0 saturated heterocycles. The quantitative estimate of drug-likeness (QED) is 0.749. The Labute approximate surface area is 91.7 Å². The number of para-hydroxylation sites is 2. The van der Waals surface area contributed by atoms with Crippen molar-refractivity contribution >= 4 is 11.6 Å². The molecule has 1 aromatic carbocycles. The molecular formula is C12H19NO2. The Kier molecular flexibility index (Phi) is 6.18. The Bertz CT molecular complexity index is 310. The van der Waals surface area contributed by atoms with Crippen LogP contribution in [0.1, 0.15) is 20.8 Å². The highest BCUT2D eigenvalue weighted by molar-refractivity contribution is 5.92. The van der Waals surface area contributed by atoms with Crippen LogP contribution >= 0.6 is 0 Å². The van der Waals surface area contributed by atoms with E-state index in [1.807, 2.05) is 38.1 Å². The minimum atomic E-state index is -0.00972. The molecular weight excluding hydrogens is 190 g/mol. The van der Waals surface area contributed by atoms with Crippen molar-refractivity contribution in [3.8, 4) is 5.75 Å². The second-order valence-electron chi connectivity index (χ2n) is 2.75. The Morgan fingerprint density at radius 1 is 1.27 bits per heavy atom. The number of hydrogen-bond acceptors (Lipinski definition) is 2. The first-order chi connectivity index (χ1) is 7.16. The molecule has 0 aliphatic carbocycles. The van der Waals surface area contributed by atoms with Crippen LogP contribution in [0.5, 0.6) is 5.75 Å². The zero-order chi connectivity index (χ0) is 11.8. The second-order valence-corrected chi connectivity index (χ2v) is 2.75. The van der Waals surface area contributed by atoms with Crippen LogP contribution < -0.4 is 9.64 Å². The van der Waals surface area contributed by atoms with Crippen molar-refractivity contribution in [2.75, 3.05) is 19.1 Å². The van der Waals surface area contributed by atoms with Gasteiger partial charge in [0.25, 0.3) is 0 Å². The summed E-state index contributed by atoms with van der Waals surface area (Å²) in [5.74, 6) is 0.699. The molecule has 84 valence electrons. The number of carbonyl (C=O) groups excluding carboxylic acids is 1. The SMILES string of the molecule is CC.COc1ccccc1N(C)C(C)=O. The molecule has 0 heterocycles. The molecule has 0 radical (unpaired) electrons. The van der Waals surface area contributed by atoms with Crippen LogP contribution in [0.15, 0.2) is 24.3 Å².